The minimum Gasteiger partial charge on any atom is -0.347 e. The number of aryl methyl sites for hydroxylation is 1. The van der Waals surface area contributed by atoms with Gasteiger partial charge in [-0.25, -0.2) is 0 Å². The van der Waals surface area contributed by atoms with Crippen molar-refractivity contribution in [3.63, 3.8) is 0 Å². The first-order chi connectivity index (χ1) is 9.86. The average molecular weight is 270 g/mol. The first kappa shape index (κ1) is 13.7. The second kappa shape index (κ2) is 6.45. The van der Waals surface area contributed by atoms with Gasteiger partial charge in [0.2, 0.25) is 0 Å². The normalized spacial score (nSPS) is 15.1. The van der Waals surface area contributed by atoms with Gasteiger partial charge in [0.05, 0.1) is 0 Å². The molecule has 1 fully saturated rings. The monoisotopic (exact) mass is 270 g/mol. The lowest BCUT2D eigenvalue weighted by molar-refractivity contribution is 0.593. The molecule has 1 aliphatic rings. The second-order valence-electron chi connectivity index (χ2n) is 6.12. The van der Waals surface area contributed by atoms with E-state index in [1.165, 1.54) is 55.0 Å². The summed E-state index contributed by atoms with van der Waals surface area (Å²) >= 11 is 0. The molecule has 0 bridgehead atoms. The highest BCUT2D eigenvalue weighted by atomic mass is 15.0. The molecule has 1 aromatic heterocycles. The van der Waals surface area contributed by atoms with E-state index in [0.29, 0.717) is 0 Å². The molecule has 0 saturated heterocycles. The molecule has 1 N–H and O–H groups in total. The Balaban J connectivity index is 1.62. The summed E-state index contributed by atoms with van der Waals surface area (Å²) in [6, 6.07) is 9.95. The first-order valence-electron chi connectivity index (χ1n) is 8.18. The Morgan fingerprint density at radius 3 is 2.85 bits per heavy atom. The molecule has 3 rings (SSSR count). The molecule has 2 nitrogen and oxygen atoms in total. The third-order valence-electron chi connectivity index (χ3n) is 4.26. The van der Waals surface area contributed by atoms with Crippen LogP contribution in [0.4, 0.5) is 0 Å². The molecule has 1 saturated carbocycles. The lowest BCUT2D eigenvalue weighted by Gasteiger charge is -2.07. The average Bonchev–Trinajstić information content (AvgIpc) is 3.22. The Kier molecular flexibility index (Phi) is 4.41. The molecule has 0 atom stereocenters. The maximum absolute atomic E-state index is 3.59. The maximum Gasteiger partial charge on any atom is 0.0480 e. The zero-order valence-corrected chi connectivity index (χ0v) is 12.6. The lowest BCUT2D eigenvalue weighted by Crippen LogP contribution is -2.15. The summed E-state index contributed by atoms with van der Waals surface area (Å²) < 4.78 is 2.41. The summed E-state index contributed by atoms with van der Waals surface area (Å²) in [5.41, 5.74) is 2.80. The van der Waals surface area contributed by atoms with Gasteiger partial charge in [-0.05, 0) is 48.4 Å². The van der Waals surface area contributed by atoms with Crippen LogP contribution in [0, 0.1) is 0 Å². The molecule has 0 unspecified atom stereocenters. The molecule has 1 heterocycles. The molecule has 0 radical (unpaired) electrons. The Bertz CT molecular complexity index is 552. The largest absolute Gasteiger partial charge is 0.347 e. The van der Waals surface area contributed by atoms with Crippen LogP contribution in [0.15, 0.2) is 30.5 Å². The van der Waals surface area contributed by atoms with E-state index in [4.69, 9.17) is 0 Å². The van der Waals surface area contributed by atoms with E-state index in [2.05, 4.69) is 47.3 Å². The number of rotatable bonds is 8. The van der Waals surface area contributed by atoms with Crippen LogP contribution in [-0.4, -0.2) is 10.6 Å². The summed E-state index contributed by atoms with van der Waals surface area (Å²) in [6.07, 6.45) is 10.3. The third-order valence-corrected chi connectivity index (χ3v) is 4.26. The molecule has 0 spiro atoms. The van der Waals surface area contributed by atoms with E-state index >= 15 is 0 Å². The predicted octanol–water partition coefficient (Wildman–Crippen LogP) is 4.47. The standard InChI is InChI=1S/C18H26N2/c1-2-3-4-5-11-20-12-10-16-13-15(6-9-18(16)20)14-19-17-7-8-17/h6,9-10,12-13,17,19H,2-5,7-8,11,14H2,1H3. The van der Waals surface area contributed by atoms with Crippen LogP contribution in [0.5, 0.6) is 0 Å². The van der Waals surface area contributed by atoms with E-state index in [9.17, 15) is 0 Å². The van der Waals surface area contributed by atoms with Crippen LogP contribution in [0.25, 0.3) is 10.9 Å². The summed E-state index contributed by atoms with van der Waals surface area (Å²) in [6.45, 7) is 4.44. The van der Waals surface area contributed by atoms with Crippen molar-refractivity contribution in [3.8, 4) is 0 Å². The lowest BCUT2D eigenvalue weighted by atomic mass is 10.1. The molecule has 108 valence electrons. The van der Waals surface area contributed by atoms with Gasteiger partial charge in [-0.2, -0.15) is 0 Å². The van der Waals surface area contributed by atoms with Crippen LogP contribution in [0.3, 0.4) is 0 Å². The predicted molar refractivity (Wildman–Crippen MR) is 85.9 cm³/mol. The van der Waals surface area contributed by atoms with E-state index in [1.54, 1.807) is 0 Å². The minimum absolute atomic E-state index is 0.786. The van der Waals surface area contributed by atoms with Gasteiger partial charge in [0, 0.05) is 30.8 Å². The van der Waals surface area contributed by atoms with Crippen LogP contribution in [0.1, 0.15) is 51.0 Å². The number of benzene rings is 1. The number of hydrogen-bond donors (Lipinski definition) is 1. The van der Waals surface area contributed by atoms with Crippen molar-refractivity contribution >= 4 is 10.9 Å². The molecule has 1 aromatic carbocycles. The van der Waals surface area contributed by atoms with Crippen molar-refractivity contribution in [1.82, 2.24) is 9.88 Å². The van der Waals surface area contributed by atoms with Gasteiger partial charge in [0.25, 0.3) is 0 Å². The van der Waals surface area contributed by atoms with Crippen molar-refractivity contribution < 1.29 is 0 Å². The van der Waals surface area contributed by atoms with Crippen molar-refractivity contribution in [3.05, 3.63) is 36.0 Å². The molecular formula is C18H26N2. The SMILES string of the molecule is CCCCCCn1ccc2cc(CNC3CC3)ccc21. The van der Waals surface area contributed by atoms with E-state index in [0.717, 1.165) is 19.1 Å². The molecule has 0 aliphatic heterocycles. The van der Waals surface area contributed by atoms with Gasteiger partial charge in [0.15, 0.2) is 0 Å². The summed E-state index contributed by atoms with van der Waals surface area (Å²) in [5, 5.41) is 4.97. The molecule has 0 amide bonds. The smallest absolute Gasteiger partial charge is 0.0480 e. The number of unbranched alkanes of at least 4 members (excludes halogenated alkanes) is 3. The highest BCUT2D eigenvalue weighted by Crippen LogP contribution is 2.21. The Morgan fingerprint density at radius 1 is 1.15 bits per heavy atom. The number of aromatic nitrogens is 1. The molecule has 2 aromatic rings. The number of nitrogens with zero attached hydrogens (tertiary/aromatic N) is 1. The molecule has 2 heteroatoms. The number of fused-ring (bicyclic) bond motifs is 1. The summed E-state index contributed by atoms with van der Waals surface area (Å²) in [4.78, 5) is 0. The van der Waals surface area contributed by atoms with Crippen LogP contribution >= 0.6 is 0 Å². The fourth-order valence-electron chi connectivity index (χ4n) is 2.81. The quantitative estimate of drug-likeness (QED) is 0.700. The van der Waals surface area contributed by atoms with Crippen molar-refractivity contribution in [2.24, 2.45) is 0 Å². The van der Waals surface area contributed by atoms with E-state index < -0.39 is 0 Å². The molecule has 1 aliphatic carbocycles. The highest BCUT2D eigenvalue weighted by Gasteiger charge is 2.19. The molecule has 20 heavy (non-hydrogen) atoms. The van der Waals surface area contributed by atoms with Gasteiger partial charge in [-0.1, -0.05) is 32.3 Å². The van der Waals surface area contributed by atoms with Gasteiger partial charge in [0.1, 0.15) is 0 Å². The number of nitrogens with one attached hydrogen (secondary N) is 1. The van der Waals surface area contributed by atoms with Crippen molar-refractivity contribution in [1.29, 1.82) is 0 Å². The van der Waals surface area contributed by atoms with Crippen molar-refractivity contribution in [2.75, 3.05) is 0 Å². The maximum atomic E-state index is 3.59. The minimum atomic E-state index is 0.786. The Hall–Kier alpha value is -1.28. The van der Waals surface area contributed by atoms with E-state index in [-0.39, 0.29) is 0 Å². The van der Waals surface area contributed by atoms with Gasteiger partial charge >= 0.3 is 0 Å². The second-order valence-corrected chi connectivity index (χ2v) is 6.12. The third kappa shape index (κ3) is 3.43. The van der Waals surface area contributed by atoms with Crippen LogP contribution < -0.4 is 5.32 Å². The summed E-state index contributed by atoms with van der Waals surface area (Å²) in [7, 11) is 0. The number of hydrogen-bond acceptors (Lipinski definition) is 1. The van der Waals surface area contributed by atoms with Crippen LogP contribution in [0.2, 0.25) is 0 Å². The highest BCUT2D eigenvalue weighted by molar-refractivity contribution is 5.80. The van der Waals surface area contributed by atoms with Crippen molar-refractivity contribution in [2.45, 2.75) is 64.6 Å². The Morgan fingerprint density at radius 2 is 2.05 bits per heavy atom. The zero-order chi connectivity index (χ0) is 13.8. The van der Waals surface area contributed by atoms with Gasteiger partial charge in [-0.3, -0.25) is 0 Å². The first-order valence-corrected chi connectivity index (χ1v) is 8.18. The Labute approximate surface area is 122 Å². The van der Waals surface area contributed by atoms with Gasteiger partial charge in [-0.15, -0.1) is 0 Å². The van der Waals surface area contributed by atoms with Gasteiger partial charge < -0.3 is 9.88 Å². The topological polar surface area (TPSA) is 17.0 Å². The fraction of sp³-hybridized carbons (Fsp3) is 0.556. The zero-order valence-electron chi connectivity index (χ0n) is 12.6. The van der Waals surface area contributed by atoms with E-state index in [1.807, 2.05) is 0 Å². The van der Waals surface area contributed by atoms with Crippen LogP contribution in [-0.2, 0) is 13.1 Å². The summed E-state index contributed by atoms with van der Waals surface area (Å²) in [5.74, 6) is 0. The molecular weight excluding hydrogens is 244 g/mol. The fourth-order valence-corrected chi connectivity index (χ4v) is 2.81.